The predicted octanol–water partition coefficient (Wildman–Crippen LogP) is 4.18. The molecule has 6 heteroatoms. The number of aryl methyl sites for hydroxylation is 1. The van der Waals surface area contributed by atoms with Crippen molar-refractivity contribution in [3.05, 3.63) is 30.1 Å². The standard InChI is InChI=1S/C18H25N3OS2/c1-14-20-16-7-3-4-8-17(16)21(14)12-11-19-18(22)9-5-2-6-15-10-13-23-24-15/h3-4,7-8,15H,2,5-6,9-13H2,1H3,(H,19,22)/t15-/m1/s1. The number of benzene rings is 1. The van der Waals surface area contributed by atoms with Crippen molar-refractivity contribution in [2.75, 3.05) is 12.3 Å². The van der Waals surface area contributed by atoms with Gasteiger partial charge in [-0.05, 0) is 38.3 Å². The summed E-state index contributed by atoms with van der Waals surface area (Å²) in [5, 5.41) is 3.86. The van der Waals surface area contributed by atoms with Crippen LogP contribution in [0.1, 0.15) is 37.9 Å². The molecule has 1 N–H and O–H groups in total. The zero-order valence-corrected chi connectivity index (χ0v) is 15.8. The van der Waals surface area contributed by atoms with Crippen LogP contribution in [0.3, 0.4) is 0 Å². The molecule has 2 heterocycles. The summed E-state index contributed by atoms with van der Waals surface area (Å²) in [4.78, 5) is 16.5. The Bertz CT molecular complexity index is 680. The number of unbranched alkanes of at least 4 members (excludes halogenated alkanes) is 1. The largest absolute Gasteiger partial charge is 0.354 e. The van der Waals surface area contributed by atoms with E-state index in [0.717, 1.165) is 41.5 Å². The Hall–Kier alpha value is -1.14. The molecule has 1 aliphatic heterocycles. The van der Waals surface area contributed by atoms with Gasteiger partial charge < -0.3 is 9.88 Å². The van der Waals surface area contributed by atoms with E-state index in [0.29, 0.717) is 13.0 Å². The molecule has 1 saturated heterocycles. The minimum Gasteiger partial charge on any atom is -0.354 e. The Morgan fingerprint density at radius 1 is 1.38 bits per heavy atom. The fourth-order valence-electron chi connectivity index (χ4n) is 3.10. The second-order valence-corrected chi connectivity index (χ2v) is 9.01. The third-order valence-electron chi connectivity index (χ3n) is 4.41. The van der Waals surface area contributed by atoms with E-state index in [2.05, 4.69) is 20.9 Å². The van der Waals surface area contributed by atoms with E-state index in [4.69, 9.17) is 0 Å². The summed E-state index contributed by atoms with van der Waals surface area (Å²) in [6, 6.07) is 8.14. The van der Waals surface area contributed by atoms with Crippen molar-refractivity contribution < 1.29 is 4.79 Å². The van der Waals surface area contributed by atoms with Gasteiger partial charge >= 0.3 is 0 Å². The van der Waals surface area contributed by atoms with Crippen molar-refractivity contribution in [2.45, 2.75) is 50.8 Å². The summed E-state index contributed by atoms with van der Waals surface area (Å²) >= 11 is 0. The third kappa shape index (κ3) is 4.70. The van der Waals surface area contributed by atoms with E-state index in [-0.39, 0.29) is 5.91 Å². The van der Waals surface area contributed by atoms with E-state index in [9.17, 15) is 4.79 Å². The van der Waals surface area contributed by atoms with Crippen LogP contribution in [0, 0.1) is 6.92 Å². The van der Waals surface area contributed by atoms with Crippen LogP contribution >= 0.6 is 21.6 Å². The van der Waals surface area contributed by atoms with Crippen molar-refractivity contribution in [1.29, 1.82) is 0 Å². The van der Waals surface area contributed by atoms with Gasteiger partial charge in [0.2, 0.25) is 5.91 Å². The number of hydrogen-bond donors (Lipinski definition) is 1. The van der Waals surface area contributed by atoms with Gasteiger partial charge in [0.1, 0.15) is 5.82 Å². The van der Waals surface area contributed by atoms with Gasteiger partial charge in [-0.3, -0.25) is 4.79 Å². The van der Waals surface area contributed by atoms with Crippen LogP contribution in [-0.4, -0.2) is 33.0 Å². The molecular weight excluding hydrogens is 338 g/mol. The number of nitrogens with zero attached hydrogens (tertiary/aromatic N) is 2. The first-order valence-corrected chi connectivity index (χ1v) is 11.1. The lowest BCUT2D eigenvalue weighted by molar-refractivity contribution is -0.121. The van der Waals surface area contributed by atoms with Crippen molar-refractivity contribution in [3.8, 4) is 0 Å². The molecule has 130 valence electrons. The van der Waals surface area contributed by atoms with Gasteiger partial charge in [0.25, 0.3) is 0 Å². The number of carbonyl (C=O) groups excluding carboxylic acids is 1. The number of carbonyl (C=O) groups is 1. The smallest absolute Gasteiger partial charge is 0.220 e. The lowest BCUT2D eigenvalue weighted by atomic mass is 10.1. The van der Waals surface area contributed by atoms with Crippen molar-refractivity contribution in [3.63, 3.8) is 0 Å². The Kier molecular flexibility index (Phi) is 6.49. The van der Waals surface area contributed by atoms with Gasteiger partial charge in [-0.1, -0.05) is 40.1 Å². The maximum absolute atomic E-state index is 12.0. The summed E-state index contributed by atoms with van der Waals surface area (Å²) in [6.45, 7) is 3.45. The van der Waals surface area contributed by atoms with E-state index >= 15 is 0 Å². The highest BCUT2D eigenvalue weighted by Gasteiger charge is 2.15. The van der Waals surface area contributed by atoms with E-state index in [1.807, 2.05) is 46.7 Å². The molecule has 1 aromatic carbocycles. The van der Waals surface area contributed by atoms with Crippen LogP contribution in [0.15, 0.2) is 24.3 Å². The minimum atomic E-state index is 0.172. The highest BCUT2D eigenvalue weighted by molar-refractivity contribution is 8.77. The number of nitrogens with one attached hydrogen (secondary N) is 1. The van der Waals surface area contributed by atoms with E-state index in [1.54, 1.807) is 0 Å². The summed E-state index contributed by atoms with van der Waals surface area (Å²) in [6.07, 6.45) is 5.40. The Morgan fingerprint density at radius 2 is 2.25 bits per heavy atom. The van der Waals surface area contributed by atoms with Gasteiger partial charge in [0, 0.05) is 30.5 Å². The van der Waals surface area contributed by atoms with Crippen LogP contribution < -0.4 is 5.32 Å². The molecule has 1 amide bonds. The fourth-order valence-corrected chi connectivity index (χ4v) is 6.12. The maximum atomic E-state index is 12.0. The number of amides is 1. The van der Waals surface area contributed by atoms with Gasteiger partial charge in [0.05, 0.1) is 11.0 Å². The lowest BCUT2D eigenvalue weighted by Crippen LogP contribution is -2.27. The van der Waals surface area contributed by atoms with Gasteiger partial charge in [-0.15, -0.1) is 0 Å². The molecule has 0 aliphatic carbocycles. The average Bonchev–Trinajstić information content (AvgIpc) is 3.20. The number of hydrogen-bond acceptors (Lipinski definition) is 4. The van der Waals surface area contributed by atoms with Crippen molar-refractivity contribution in [2.24, 2.45) is 0 Å². The topological polar surface area (TPSA) is 46.9 Å². The zero-order chi connectivity index (χ0) is 16.8. The predicted molar refractivity (Wildman–Crippen MR) is 104 cm³/mol. The molecule has 3 rings (SSSR count). The Labute approximate surface area is 151 Å². The molecular formula is C18H25N3OS2. The Balaban J connectivity index is 1.36. The minimum absolute atomic E-state index is 0.172. The molecule has 1 atom stereocenters. The van der Waals surface area contributed by atoms with Gasteiger partial charge in [-0.25, -0.2) is 4.98 Å². The second-order valence-electron chi connectivity index (χ2n) is 6.22. The first-order chi connectivity index (χ1) is 11.7. The summed E-state index contributed by atoms with van der Waals surface area (Å²) in [5.74, 6) is 2.46. The molecule has 0 unspecified atom stereocenters. The molecule has 1 fully saturated rings. The van der Waals surface area contributed by atoms with Crippen LogP contribution in [-0.2, 0) is 11.3 Å². The Morgan fingerprint density at radius 3 is 3.08 bits per heavy atom. The SMILES string of the molecule is Cc1nc2ccccc2n1CCNC(=O)CCCC[C@@H]1CCSS1. The average molecular weight is 364 g/mol. The first-order valence-electron chi connectivity index (χ1n) is 8.71. The second kappa shape index (κ2) is 8.81. The van der Waals surface area contributed by atoms with Gasteiger partial charge in [0.15, 0.2) is 0 Å². The number of fused-ring (bicyclic) bond motifs is 1. The monoisotopic (exact) mass is 363 g/mol. The molecule has 1 aromatic heterocycles. The normalized spacial score (nSPS) is 17.5. The van der Waals surface area contributed by atoms with Crippen LogP contribution in [0.2, 0.25) is 0 Å². The van der Waals surface area contributed by atoms with Crippen LogP contribution in [0.25, 0.3) is 11.0 Å². The number of imidazole rings is 1. The molecule has 0 bridgehead atoms. The number of rotatable bonds is 8. The van der Waals surface area contributed by atoms with Crippen LogP contribution in [0.5, 0.6) is 0 Å². The highest BCUT2D eigenvalue weighted by atomic mass is 33.1. The molecule has 24 heavy (non-hydrogen) atoms. The van der Waals surface area contributed by atoms with E-state index in [1.165, 1.54) is 18.6 Å². The zero-order valence-electron chi connectivity index (χ0n) is 14.2. The quantitative estimate of drug-likeness (QED) is 0.565. The van der Waals surface area contributed by atoms with E-state index < -0.39 is 0 Å². The van der Waals surface area contributed by atoms with Crippen LogP contribution in [0.4, 0.5) is 0 Å². The number of para-hydroxylation sites is 2. The van der Waals surface area contributed by atoms with Gasteiger partial charge in [-0.2, -0.15) is 0 Å². The maximum Gasteiger partial charge on any atom is 0.220 e. The summed E-state index contributed by atoms with van der Waals surface area (Å²) < 4.78 is 2.17. The molecule has 0 saturated carbocycles. The molecule has 0 radical (unpaired) electrons. The first kappa shape index (κ1) is 17.7. The fraction of sp³-hybridized carbons (Fsp3) is 0.556. The van der Waals surface area contributed by atoms with Crippen molar-refractivity contribution in [1.82, 2.24) is 14.9 Å². The highest BCUT2D eigenvalue weighted by Crippen LogP contribution is 2.39. The summed E-state index contributed by atoms with van der Waals surface area (Å²) in [5.41, 5.74) is 2.15. The molecule has 2 aromatic rings. The molecule has 1 aliphatic rings. The van der Waals surface area contributed by atoms with Crippen molar-refractivity contribution >= 4 is 38.5 Å². The number of aromatic nitrogens is 2. The molecule has 0 spiro atoms. The lowest BCUT2D eigenvalue weighted by Gasteiger charge is -2.09. The summed E-state index contributed by atoms with van der Waals surface area (Å²) in [7, 11) is 4.01. The molecule has 4 nitrogen and oxygen atoms in total. The third-order valence-corrected chi connectivity index (χ3v) is 7.42.